The van der Waals surface area contributed by atoms with Gasteiger partial charge in [-0.1, -0.05) is 20.3 Å². The number of nitrogens with two attached hydrogens (primary N) is 1. The number of nitrogens with zero attached hydrogens (tertiary/aromatic N) is 2. The fourth-order valence-corrected chi connectivity index (χ4v) is 3.05. The Morgan fingerprint density at radius 2 is 1.73 bits per heavy atom. The highest BCUT2D eigenvalue weighted by Crippen LogP contribution is 2.32. The highest BCUT2D eigenvalue weighted by Gasteiger charge is 2.30. The molecule has 1 fully saturated rings. The first-order chi connectivity index (χ1) is 12.0. The van der Waals surface area contributed by atoms with Crippen LogP contribution in [0.1, 0.15) is 30.6 Å². The van der Waals surface area contributed by atoms with Crippen molar-refractivity contribution in [2.75, 3.05) is 33.0 Å². The van der Waals surface area contributed by atoms with Crippen molar-refractivity contribution in [3.63, 3.8) is 0 Å². The third-order valence-corrected chi connectivity index (χ3v) is 5.04. The van der Waals surface area contributed by atoms with Gasteiger partial charge in [0.05, 0.1) is 6.04 Å². The fourth-order valence-electron chi connectivity index (χ4n) is 3.05. The third kappa shape index (κ3) is 4.04. The van der Waals surface area contributed by atoms with E-state index in [-0.39, 0.29) is 36.9 Å². The molecule has 7 nitrogen and oxygen atoms in total. The zero-order valence-corrected chi connectivity index (χ0v) is 16.0. The highest BCUT2D eigenvalue weighted by molar-refractivity contribution is 5.95. The van der Waals surface area contributed by atoms with Crippen molar-refractivity contribution in [2.24, 2.45) is 11.7 Å². The molecular weight excluding hydrogens is 358 g/mol. The number of fused-ring (bicyclic) bond motifs is 1. The predicted molar refractivity (Wildman–Crippen MR) is 99.7 cm³/mol. The van der Waals surface area contributed by atoms with Gasteiger partial charge in [0, 0.05) is 31.7 Å². The van der Waals surface area contributed by atoms with Crippen LogP contribution in [0.5, 0.6) is 11.5 Å². The largest absolute Gasteiger partial charge is 0.454 e. The van der Waals surface area contributed by atoms with E-state index in [4.69, 9.17) is 15.2 Å². The number of rotatable bonds is 4. The van der Waals surface area contributed by atoms with E-state index in [1.54, 1.807) is 28.0 Å². The van der Waals surface area contributed by atoms with Gasteiger partial charge < -0.3 is 25.0 Å². The molecule has 26 heavy (non-hydrogen) atoms. The van der Waals surface area contributed by atoms with Crippen LogP contribution >= 0.6 is 12.4 Å². The lowest BCUT2D eigenvalue weighted by Crippen LogP contribution is -2.55. The minimum atomic E-state index is -0.471. The maximum Gasteiger partial charge on any atom is 0.254 e. The van der Waals surface area contributed by atoms with Crippen LogP contribution in [0.15, 0.2) is 18.2 Å². The number of carbonyl (C=O) groups is 2. The molecule has 1 aromatic rings. The average Bonchev–Trinajstić information content (AvgIpc) is 3.13. The van der Waals surface area contributed by atoms with Crippen LogP contribution in [0.25, 0.3) is 0 Å². The molecule has 0 aromatic heterocycles. The maximum absolute atomic E-state index is 12.7. The quantitative estimate of drug-likeness (QED) is 0.851. The number of benzene rings is 1. The number of carbonyl (C=O) groups excluding carboxylic acids is 2. The van der Waals surface area contributed by atoms with Gasteiger partial charge in [0.2, 0.25) is 12.7 Å². The van der Waals surface area contributed by atoms with Gasteiger partial charge in [-0.3, -0.25) is 9.59 Å². The van der Waals surface area contributed by atoms with E-state index in [2.05, 4.69) is 0 Å². The summed E-state index contributed by atoms with van der Waals surface area (Å²) < 4.78 is 10.6. The Balaban J connectivity index is 0.00000243. The highest BCUT2D eigenvalue weighted by atomic mass is 35.5. The number of hydrogen-bond acceptors (Lipinski definition) is 5. The Kier molecular flexibility index (Phi) is 6.72. The van der Waals surface area contributed by atoms with Crippen molar-refractivity contribution >= 4 is 24.2 Å². The van der Waals surface area contributed by atoms with Crippen LogP contribution in [0.4, 0.5) is 0 Å². The Hall–Kier alpha value is -1.99. The number of ether oxygens (including phenoxy) is 2. The molecule has 2 heterocycles. The van der Waals surface area contributed by atoms with Gasteiger partial charge in [0.25, 0.3) is 5.91 Å². The standard InChI is InChI=1S/C18H25N3O4.ClH/c1-3-12(2)16(19)18(23)21-8-6-20(7-9-21)17(22)13-4-5-14-15(10-13)25-11-24-14;/h4-5,10,12,16H,3,6-9,11,19H2,1-2H3;1H. The van der Waals surface area contributed by atoms with Gasteiger partial charge in [0.15, 0.2) is 11.5 Å². The summed E-state index contributed by atoms with van der Waals surface area (Å²) in [5.74, 6) is 1.33. The topological polar surface area (TPSA) is 85.1 Å². The molecule has 1 saturated heterocycles. The first-order valence-electron chi connectivity index (χ1n) is 8.74. The van der Waals surface area contributed by atoms with Crippen molar-refractivity contribution in [3.05, 3.63) is 23.8 Å². The lowest BCUT2D eigenvalue weighted by molar-refractivity contribution is -0.135. The monoisotopic (exact) mass is 383 g/mol. The molecule has 2 aliphatic heterocycles. The van der Waals surface area contributed by atoms with Gasteiger partial charge in [-0.15, -0.1) is 12.4 Å². The number of amides is 2. The number of halogens is 1. The van der Waals surface area contributed by atoms with Gasteiger partial charge in [-0.25, -0.2) is 0 Å². The second kappa shape index (κ2) is 8.60. The summed E-state index contributed by atoms with van der Waals surface area (Å²) in [5, 5.41) is 0. The molecule has 144 valence electrons. The zero-order valence-electron chi connectivity index (χ0n) is 15.1. The number of piperazine rings is 1. The first kappa shape index (κ1) is 20.3. The average molecular weight is 384 g/mol. The molecule has 2 N–H and O–H groups in total. The minimum absolute atomic E-state index is 0. The summed E-state index contributed by atoms with van der Waals surface area (Å²) in [4.78, 5) is 28.6. The Morgan fingerprint density at radius 3 is 2.38 bits per heavy atom. The predicted octanol–water partition coefficient (Wildman–Crippen LogP) is 1.49. The molecule has 0 aliphatic carbocycles. The molecular formula is C18H26ClN3O4. The van der Waals surface area contributed by atoms with E-state index in [1.807, 2.05) is 13.8 Å². The molecule has 2 atom stereocenters. The Bertz CT molecular complexity index is 662. The van der Waals surface area contributed by atoms with Gasteiger partial charge in [0.1, 0.15) is 0 Å². The summed E-state index contributed by atoms with van der Waals surface area (Å²) in [6, 6.07) is 4.73. The Morgan fingerprint density at radius 1 is 1.12 bits per heavy atom. The maximum atomic E-state index is 12.7. The SMILES string of the molecule is CCC(C)C(N)C(=O)N1CCN(C(=O)c2ccc3c(c2)OCO3)CC1.Cl. The molecule has 0 spiro atoms. The molecule has 0 bridgehead atoms. The van der Waals surface area contributed by atoms with Crippen LogP contribution in [-0.2, 0) is 4.79 Å². The van der Waals surface area contributed by atoms with Gasteiger partial charge >= 0.3 is 0 Å². The molecule has 2 aliphatic rings. The summed E-state index contributed by atoms with van der Waals surface area (Å²) >= 11 is 0. The minimum Gasteiger partial charge on any atom is -0.454 e. The summed E-state index contributed by atoms with van der Waals surface area (Å²) in [6.45, 7) is 6.24. The van der Waals surface area contributed by atoms with Crippen molar-refractivity contribution < 1.29 is 19.1 Å². The van der Waals surface area contributed by atoms with E-state index >= 15 is 0 Å². The molecule has 8 heteroatoms. The van der Waals surface area contributed by atoms with Gasteiger partial charge in [-0.2, -0.15) is 0 Å². The van der Waals surface area contributed by atoms with Crippen molar-refractivity contribution in [2.45, 2.75) is 26.3 Å². The van der Waals surface area contributed by atoms with Crippen LogP contribution in [0.2, 0.25) is 0 Å². The van der Waals surface area contributed by atoms with Crippen LogP contribution in [0, 0.1) is 5.92 Å². The summed E-state index contributed by atoms with van der Waals surface area (Å²) in [6.07, 6.45) is 0.871. The summed E-state index contributed by atoms with van der Waals surface area (Å²) in [7, 11) is 0. The van der Waals surface area contributed by atoms with Crippen LogP contribution in [-0.4, -0.2) is 60.6 Å². The molecule has 2 amide bonds. The van der Waals surface area contributed by atoms with E-state index < -0.39 is 6.04 Å². The second-order valence-electron chi connectivity index (χ2n) is 6.60. The Labute approximate surface area is 159 Å². The van der Waals surface area contributed by atoms with Crippen molar-refractivity contribution in [3.8, 4) is 11.5 Å². The lowest BCUT2D eigenvalue weighted by atomic mass is 9.98. The third-order valence-electron chi connectivity index (χ3n) is 5.04. The van der Waals surface area contributed by atoms with E-state index in [9.17, 15) is 9.59 Å². The van der Waals surface area contributed by atoms with Crippen molar-refractivity contribution in [1.82, 2.24) is 9.80 Å². The molecule has 1 aromatic carbocycles. The normalized spacial score (nSPS) is 18.1. The van der Waals surface area contributed by atoms with Crippen LogP contribution < -0.4 is 15.2 Å². The number of hydrogen-bond donors (Lipinski definition) is 1. The van der Waals surface area contributed by atoms with Crippen LogP contribution in [0.3, 0.4) is 0 Å². The van der Waals surface area contributed by atoms with Crippen molar-refractivity contribution in [1.29, 1.82) is 0 Å². The van der Waals surface area contributed by atoms with E-state index in [0.29, 0.717) is 43.2 Å². The first-order valence-corrected chi connectivity index (χ1v) is 8.74. The summed E-state index contributed by atoms with van der Waals surface area (Å²) in [5.41, 5.74) is 6.61. The molecule has 3 rings (SSSR count). The fraction of sp³-hybridized carbons (Fsp3) is 0.556. The lowest BCUT2D eigenvalue weighted by Gasteiger charge is -2.36. The van der Waals surface area contributed by atoms with E-state index in [0.717, 1.165) is 6.42 Å². The molecule has 0 radical (unpaired) electrons. The van der Waals surface area contributed by atoms with Gasteiger partial charge in [-0.05, 0) is 24.1 Å². The molecule has 2 unspecified atom stereocenters. The smallest absolute Gasteiger partial charge is 0.254 e. The second-order valence-corrected chi connectivity index (χ2v) is 6.60. The zero-order chi connectivity index (χ0) is 18.0. The molecule has 0 saturated carbocycles. The van der Waals surface area contributed by atoms with E-state index in [1.165, 1.54) is 0 Å².